The molecule has 0 radical (unpaired) electrons. The van der Waals surface area contributed by atoms with Gasteiger partial charge in [0.2, 0.25) is 0 Å². The summed E-state index contributed by atoms with van der Waals surface area (Å²) in [5, 5.41) is 6.92. The summed E-state index contributed by atoms with van der Waals surface area (Å²) in [5.41, 5.74) is 0.498. The molecule has 1 aliphatic rings. The predicted octanol–water partition coefficient (Wildman–Crippen LogP) is 3.46. The van der Waals surface area contributed by atoms with Crippen LogP contribution in [0, 0.1) is 0 Å². The van der Waals surface area contributed by atoms with E-state index in [-0.39, 0.29) is 11.6 Å². The van der Waals surface area contributed by atoms with E-state index in [2.05, 4.69) is 17.4 Å². The first kappa shape index (κ1) is 17.8. The maximum Gasteiger partial charge on any atom is 0.317 e. The van der Waals surface area contributed by atoms with E-state index in [1.165, 1.54) is 12.8 Å². The third-order valence-corrected chi connectivity index (χ3v) is 3.99. The number of ether oxygens (including phenoxy) is 1. The molecule has 1 saturated heterocycles. The second-order valence-corrected chi connectivity index (χ2v) is 7.24. The Morgan fingerprint density at radius 1 is 1.43 bits per heavy atom. The highest BCUT2D eigenvalue weighted by Crippen LogP contribution is 2.16. The van der Waals surface area contributed by atoms with E-state index in [0.29, 0.717) is 30.6 Å². The Kier molecular flexibility index (Phi) is 6.04. The summed E-state index contributed by atoms with van der Waals surface area (Å²) in [6.07, 6.45) is 4.56. The van der Waals surface area contributed by atoms with Crippen molar-refractivity contribution < 1.29 is 14.1 Å². The lowest BCUT2D eigenvalue weighted by atomic mass is 10.1. The molecular weight excluding hydrogens is 294 g/mol. The zero-order valence-electron chi connectivity index (χ0n) is 14.7. The number of urea groups is 1. The molecule has 23 heavy (non-hydrogen) atoms. The van der Waals surface area contributed by atoms with Crippen LogP contribution in [0.25, 0.3) is 0 Å². The topological polar surface area (TPSA) is 67.6 Å². The summed E-state index contributed by atoms with van der Waals surface area (Å²) in [6, 6.07) is 2.11. The smallest absolute Gasteiger partial charge is 0.317 e. The highest BCUT2D eigenvalue weighted by molar-refractivity contribution is 5.74. The number of nitrogens with zero attached hydrogens (tertiary/aromatic N) is 2. The molecule has 130 valence electrons. The van der Waals surface area contributed by atoms with Gasteiger partial charge in [-0.15, -0.1) is 0 Å². The fraction of sp³-hybridized carbons (Fsp3) is 0.765. The largest absolute Gasteiger partial charge is 0.368 e. The lowest BCUT2D eigenvalue weighted by Gasteiger charge is -2.27. The Hall–Kier alpha value is -1.56. The first-order valence-corrected chi connectivity index (χ1v) is 8.48. The minimum Gasteiger partial charge on any atom is -0.368 e. The average molecular weight is 323 g/mol. The molecule has 0 unspecified atom stereocenters. The van der Waals surface area contributed by atoms with Gasteiger partial charge in [0.05, 0.1) is 12.1 Å². The molecule has 1 aromatic heterocycles. The number of rotatable bonds is 4. The molecule has 1 aliphatic heterocycles. The third-order valence-electron chi connectivity index (χ3n) is 3.99. The normalized spacial score (nSPS) is 19.5. The van der Waals surface area contributed by atoms with Crippen molar-refractivity contribution in [3.05, 3.63) is 17.5 Å². The fourth-order valence-electron chi connectivity index (χ4n) is 2.64. The van der Waals surface area contributed by atoms with Gasteiger partial charge in [-0.3, -0.25) is 0 Å². The van der Waals surface area contributed by atoms with Gasteiger partial charge in [0.25, 0.3) is 0 Å². The van der Waals surface area contributed by atoms with Gasteiger partial charge in [-0.05, 0) is 40.5 Å². The molecule has 1 N–H and O–H groups in total. The van der Waals surface area contributed by atoms with E-state index in [9.17, 15) is 4.79 Å². The van der Waals surface area contributed by atoms with Crippen LogP contribution < -0.4 is 5.32 Å². The van der Waals surface area contributed by atoms with Crippen molar-refractivity contribution in [1.82, 2.24) is 15.4 Å². The number of nitrogens with one attached hydrogen (secondary N) is 1. The van der Waals surface area contributed by atoms with Crippen molar-refractivity contribution in [2.45, 2.75) is 78.2 Å². The molecule has 0 aliphatic carbocycles. The van der Waals surface area contributed by atoms with Crippen LogP contribution in [0.4, 0.5) is 4.79 Å². The second-order valence-electron chi connectivity index (χ2n) is 7.24. The molecule has 0 saturated carbocycles. The number of amides is 2. The van der Waals surface area contributed by atoms with Crippen molar-refractivity contribution in [2.24, 2.45) is 0 Å². The fourth-order valence-corrected chi connectivity index (χ4v) is 2.64. The first-order valence-electron chi connectivity index (χ1n) is 8.48. The van der Waals surface area contributed by atoms with Crippen molar-refractivity contribution in [3.8, 4) is 0 Å². The Morgan fingerprint density at radius 3 is 2.96 bits per heavy atom. The van der Waals surface area contributed by atoms with Gasteiger partial charge in [-0.1, -0.05) is 18.0 Å². The molecule has 1 atom stereocenters. The maximum atomic E-state index is 12.3. The quantitative estimate of drug-likeness (QED) is 0.921. The third kappa shape index (κ3) is 5.86. The lowest BCUT2D eigenvalue weighted by Crippen LogP contribution is -2.44. The van der Waals surface area contributed by atoms with Crippen LogP contribution >= 0.6 is 0 Å². The van der Waals surface area contributed by atoms with Crippen LogP contribution in [0.2, 0.25) is 0 Å². The summed E-state index contributed by atoms with van der Waals surface area (Å²) in [5.74, 6) is 0.673. The van der Waals surface area contributed by atoms with Gasteiger partial charge in [0.15, 0.2) is 5.76 Å². The first-order chi connectivity index (χ1) is 10.8. The number of aromatic nitrogens is 1. The zero-order chi connectivity index (χ0) is 16.9. The number of carbonyl (C=O) groups is 1. The van der Waals surface area contributed by atoms with Gasteiger partial charge >= 0.3 is 6.03 Å². The van der Waals surface area contributed by atoms with E-state index in [1.807, 2.05) is 31.7 Å². The zero-order valence-corrected chi connectivity index (χ0v) is 14.7. The summed E-state index contributed by atoms with van der Waals surface area (Å²) >= 11 is 0. The van der Waals surface area contributed by atoms with E-state index < -0.39 is 0 Å². The summed E-state index contributed by atoms with van der Waals surface area (Å²) in [4.78, 5) is 14.3. The van der Waals surface area contributed by atoms with Gasteiger partial charge in [0.1, 0.15) is 12.3 Å². The number of carbonyl (C=O) groups excluding carboxylic acids is 1. The summed E-state index contributed by atoms with van der Waals surface area (Å²) < 4.78 is 10.9. The lowest BCUT2D eigenvalue weighted by molar-refractivity contribution is -0.0241. The molecular formula is C17H29N3O3. The van der Waals surface area contributed by atoms with Crippen LogP contribution in [0.15, 0.2) is 10.6 Å². The van der Waals surface area contributed by atoms with Crippen LogP contribution in [0.3, 0.4) is 0 Å². The predicted molar refractivity (Wildman–Crippen MR) is 87.9 cm³/mol. The molecule has 0 bridgehead atoms. The molecule has 2 heterocycles. The van der Waals surface area contributed by atoms with Gasteiger partial charge in [-0.25, -0.2) is 4.79 Å². The molecule has 6 heteroatoms. The summed E-state index contributed by atoms with van der Waals surface area (Å²) in [6.45, 7) is 9.68. The SMILES string of the molecule is C[C@H]1CCCCCN1C(=O)NCc1cc(COC(C)(C)C)on1. The Balaban J connectivity index is 1.81. The standard InChI is InChI=1S/C17H29N3O3/c1-13-8-6-5-7-9-20(13)16(21)18-11-14-10-15(23-19-14)12-22-17(2,3)4/h10,13H,5-9,11-12H2,1-4H3,(H,18,21)/t13-/m0/s1. The number of hydrogen-bond acceptors (Lipinski definition) is 4. The number of likely N-dealkylation sites (tertiary alicyclic amines) is 1. The van der Waals surface area contributed by atoms with Crippen molar-refractivity contribution in [1.29, 1.82) is 0 Å². The maximum absolute atomic E-state index is 12.3. The Bertz CT molecular complexity index is 507. The van der Waals surface area contributed by atoms with E-state index in [4.69, 9.17) is 9.26 Å². The van der Waals surface area contributed by atoms with Crippen LogP contribution in [0.5, 0.6) is 0 Å². The van der Waals surface area contributed by atoms with Gasteiger partial charge < -0.3 is 19.5 Å². The number of hydrogen-bond donors (Lipinski definition) is 1. The molecule has 2 rings (SSSR count). The molecule has 0 spiro atoms. The van der Waals surface area contributed by atoms with E-state index >= 15 is 0 Å². The summed E-state index contributed by atoms with van der Waals surface area (Å²) in [7, 11) is 0. The van der Waals surface area contributed by atoms with E-state index in [1.54, 1.807) is 0 Å². The minimum absolute atomic E-state index is 0.0186. The highest BCUT2D eigenvalue weighted by atomic mass is 16.5. The van der Waals surface area contributed by atoms with Gasteiger partial charge in [0, 0.05) is 18.7 Å². The molecule has 2 amide bonds. The Morgan fingerprint density at radius 2 is 2.22 bits per heavy atom. The van der Waals surface area contributed by atoms with Crippen molar-refractivity contribution in [2.75, 3.05) is 6.54 Å². The molecule has 6 nitrogen and oxygen atoms in total. The van der Waals surface area contributed by atoms with Crippen molar-refractivity contribution in [3.63, 3.8) is 0 Å². The monoisotopic (exact) mass is 323 g/mol. The minimum atomic E-state index is -0.218. The average Bonchev–Trinajstić information content (AvgIpc) is 2.83. The van der Waals surface area contributed by atoms with Crippen LogP contribution in [-0.4, -0.2) is 34.3 Å². The van der Waals surface area contributed by atoms with Crippen LogP contribution in [0.1, 0.15) is 64.8 Å². The van der Waals surface area contributed by atoms with Gasteiger partial charge in [-0.2, -0.15) is 0 Å². The highest BCUT2D eigenvalue weighted by Gasteiger charge is 2.22. The van der Waals surface area contributed by atoms with E-state index in [0.717, 1.165) is 19.4 Å². The molecule has 1 fully saturated rings. The van der Waals surface area contributed by atoms with Crippen LogP contribution in [-0.2, 0) is 17.9 Å². The molecule has 1 aromatic rings. The Labute approximate surface area is 138 Å². The van der Waals surface area contributed by atoms with Crippen molar-refractivity contribution >= 4 is 6.03 Å². The molecule has 0 aromatic carbocycles. The second kappa shape index (κ2) is 7.81.